The van der Waals surface area contributed by atoms with Gasteiger partial charge in [-0.05, 0) is 30.9 Å². The topological polar surface area (TPSA) is 99.2 Å². The van der Waals surface area contributed by atoms with Gasteiger partial charge in [0.1, 0.15) is 17.4 Å². The number of piperidine rings is 1. The average Bonchev–Trinajstić information content (AvgIpc) is 2.44. The lowest BCUT2D eigenvalue weighted by Gasteiger charge is -2.34. The first-order chi connectivity index (χ1) is 9.90. The second-order valence-electron chi connectivity index (χ2n) is 5.09. The lowest BCUT2D eigenvalue weighted by molar-refractivity contribution is 0.410. The number of halogens is 1. The van der Waals surface area contributed by atoms with Gasteiger partial charge >= 0.3 is 0 Å². The van der Waals surface area contributed by atoms with Crippen LogP contribution in [0.4, 0.5) is 10.1 Å². The minimum Gasteiger partial charge on any atom is -0.370 e. The second-order valence-corrected chi connectivity index (χ2v) is 6.47. The van der Waals surface area contributed by atoms with Gasteiger partial charge in [0, 0.05) is 19.6 Å². The van der Waals surface area contributed by atoms with Crippen LogP contribution in [0, 0.1) is 23.1 Å². The summed E-state index contributed by atoms with van der Waals surface area (Å²) in [4.78, 5) is 1.92. The van der Waals surface area contributed by atoms with Crippen LogP contribution in [0.5, 0.6) is 0 Å². The number of rotatable bonds is 4. The van der Waals surface area contributed by atoms with Crippen LogP contribution in [0.25, 0.3) is 0 Å². The van der Waals surface area contributed by atoms with E-state index in [2.05, 4.69) is 4.72 Å². The fraction of sp³-hybridized carbons (Fsp3) is 0.462. The van der Waals surface area contributed by atoms with E-state index in [0.29, 0.717) is 18.8 Å². The van der Waals surface area contributed by atoms with E-state index in [1.807, 2.05) is 11.0 Å². The molecule has 1 aliphatic heterocycles. The van der Waals surface area contributed by atoms with Crippen LogP contribution >= 0.6 is 0 Å². The summed E-state index contributed by atoms with van der Waals surface area (Å²) in [6.45, 7) is 1.51. The molecular weight excluding hydrogens is 295 g/mol. The van der Waals surface area contributed by atoms with E-state index in [4.69, 9.17) is 10.4 Å². The molecule has 8 heteroatoms. The molecule has 1 aromatic carbocycles. The van der Waals surface area contributed by atoms with Crippen LogP contribution < -0.4 is 14.8 Å². The Labute approximate surface area is 123 Å². The number of hydrogen-bond acceptors (Lipinski definition) is 4. The largest absolute Gasteiger partial charge is 0.370 e. The normalized spacial score (nSPS) is 19.3. The van der Waals surface area contributed by atoms with Crippen LogP contribution in [0.2, 0.25) is 0 Å². The molecule has 2 rings (SSSR count). The molecule has 3 N–H and O–H groups in total. The van der Waals surface area contributed by atoms with Gasteiger partial charge in [0.25, 0.3) is 10.2 Å². The number of nitrogens with one attached hydrogen (secondary N) is 1. The summed E-state index contributed by atoms with van der Waals surface area (Å²) >= 11 is 0. The minimum absolute atomic E-state index is 0.0255. The zero-order chi connectivity index (χ0) is 15.5. The second kappa shape index (κ2) is 6.39. The van der Waals surface area contributed by atoms with Crippen molar-refractivity contribution in [3.63, 3.8) is 0 Å². The van der Waals surface area contributed by atoms with Crippen molar-refractivity contribution >= 4 is 15.9 Å². The number of hydrogen-bond donors (Lipinski definition) is 2. The Morgan fingerprint density at radius 1 is 1.52 bits per heavy atom. The molecule has 1 heterocycles. The lowest BCUT2D eigenvalue weighted by atomic mass is 9.97. The van der Waals surface area contributed by atoms with Crippen molar-refractivity contribution in [3.05, 3.63) is 29.6 Å². The Balaban J connectivity index is 2.11. The molecule has 1 aromatic rings. The number of benzene rings is 1. The van der Waals surface area contributed by atoms with Crippen molar-refractivity contribution in [2.75, 3.05) is 24.5 Å². The highest BCUT2D eigenvalue weighted by molar-refractivity contribution is 7.87. The van der Waals surface area contributed by atoms with E-state index < -0.39 is 16.0 Å². The maximum absolute atomic E-state index is 13.6. The molecule has 1 atom stereocenters. The summed E-state index contributed by atoms with van der Waals surface area (Å²) in [6.07, 6.45) is 1.70. The monoisotopic (exact) mass is 312 g/mol. The smallest absolute Gasteiger partial charge is 0.274 e. The molecule has 1 aliphatic rings. The van der Waals surface area contributed by atoms with Gasteiger partial charge in [0.15, 0.2) is 0 Å². The third-order valence-electron chi connectivity index (χ3n) is 3.54. The van der Waals surface area contributed by atoms with E-state index in [1.54, 1.807) is 12.1 Å². The van der Waals surface area contributed by atoms with Crippen molar-refractivity contribution < 1.29 is 12.8 Å². The van der Waals surface area contributed by atoms with Crippen LogP contribution in [-0.4, -0.2) is 28.1 Å². The molecule has 0 spiro atoms. The number of nitrogens with two attached hydrogens (primary N) is 1. The molecule has 6 nitrogen and oxygen atoms in total. The first-order valence-electron chi connectivity index (χ1n) is 6.61. The predicted octanol–water partition coefficient (Wildman–Crippen LogP) is 0.707. The van der Waals surface area contributed by atoms with Gasteiger partial charge in [-0.2, -0.15) is 13.7 Å². The highest BCUT2D eigenvalue weighted by Gasteiger charge is 2.23. The van der Waals surface area contributed by atoms with Gasteiger partial charge in [0.2, 0.25) is 0 Å². The van der Waals surface area contributed by atoms with Crippen molar-refractivity contribution in [2.24, 2.45) is 11.1 Å². The Morgan fingerprint density at radius 3 is 2.95 bits per heavy atom. The highest BCUT2D eigenvalue weighted by Crippen LogP contribution is 2.27. The first kappa shape index (κ1) is 15.7. The Kier molecular flexibility index (Phi) is 4.77. The van der Waals surface area contributed by atoms with Gasteiger partial charge in [-0.3, -0.25) is 0 Å². The SMILES string of the molecule is N#Cc1c(F)cccc1N1CCC[C@@H](CNS(N)(=O)=O)C1. The van der Waals surface area contributed by atoms with Gasteiger partial charge in [-0.1, -0.05) is 6.07 Å². The minimum atomic E-state index is -3.71. The summed E-state index contributed by atoms with van der Waals surface area (Å²) in [5.41, 5.74) is 0.579. The zero-order valence-corrected chi connectivity index (χ0v) is 12.2. The van der Waals surface area contributed by atoms with Crippen molar-refractivity contribution in [2.45, 2.75) is 12.8 Å². The van der Waals surface area contributed by atoms with Crippen molar-refractivity contribution in [3.8, 4) is 6.07 Å². The predicted molar refractivity (Wildman–Crippen MR) is 77.2 cm³/mol. The van der Waals surface area contributed by atoms with Gasteiger partial charge in [-0.25, -0.2) is 14.3 Å². The molecular formula is C13H17FN4O2S. The summed E-state index contributed by atoms with van der Waals surface area (Å²) < 4.78 is 37.8. The van der Waals surface area contributed by atoms with E-state index >= 15 is 0 Å². The molecule has 0 saturated carbocycles. The molecule has 1 fully saturated rings. The van der Waals surface area contributed by atoms with Crippen LogP contribution in [0.15, 0.2) is 18.2 Å². The van der Waals surface area contributed by atoms with Gasteiger partial charge < -0.3 is 4.90 Å². The average molecular weight is 312 g/mol. The van der Waals surface area contributed by atoms with E-state index in [1.165, 1.54) is 6.07 Å². The van der Waals surface area contributed by atoms with Crippen LogP contribution in [0.1, 0.15) is 18.4 Å². The molecule has 0 bridgehead atoms. The van der Waals surface area contributed by atoms with Gasteiger partial charge in [-0.15, -0.1) is 0 Å². The molecule has 0 aromatic heterocycles. The Bertz CT molecular complexity index is 657. The summed E-state index contributed by atoms with van der Waals surface area (Å²) in [6, 6.07) is 6.41. The number of nitrogens with zero attached hydrogens (tertiary/aromatic N) is 2. The molecule has 0 unspecified atom stereocenters. The van der Waals surface area contributed by atoms with Gasteiger partial charge in [0.05, 0.1) is 5.69 Å². The fourth-order valence-electron chi connectivity index (χ4n) is 2.57. The maximum atomic E-state index is 13.6. The molecule has 114 valence electrons. The third-order valence-corrected chi connectivity index (χ3v) is 4.11. The molecule has 1 saturated heterocycles. The quantitative estimate of drug-likeness (QED) is 0.855. The lowest BCUT2D eigenvalue weighted by Crippen LogP contribution is -2.42. The molecule has 0 aliphatic carbocycles. The zero-order valence-electron chi connectivity index (χ0n) is 11.4. The summed E-state index contributed by atoms with van der Waals surface area (Å²) in [5, 5.41) is 14.0. The number of nitriles is 1. The van der Waals surface area contributed by atoms with Crippen molar-refractivity contribution in [1.29, 1.82) is 5.26 Å². The van der Waals surface area contributed by atoms with E-state index in [9.17, 15) is 12.8 Å². The molecule has 21 heavy (non-hydrogen) atoms. The Morgan fingerprint density at radius 2 is 2.29 bits per heavy atom. The van der Waals surface area contributed by atoms with E-state index in [-0.39, 0.29) is 18.0 Å². The summed E-state index contributed by atoms with van der Waals surface area (Å²) in [7, 11) is -3.71. The number of anilines is 1. The maximum Gasteiger partial charge on any atom is 0.274 e. The van der Waals surface area contributed by atoms with Crippen LogP contribution in [0.3, 0.4) is 0 Å². The molecule has 0 amide bonds. The molecule has 0 radical (unpaired) electrons. The standard InChI is InChI=1S/C13H17FN4O2S/c14-12-4-1-5-13(11(12)7-15)18-6-2-3-10(9-18)8-17-21(16,19)20/h1,4-5,10,17H,2-3,6,8-9H2,(H2,16,19,20)/t10-/m0/s1. The van der Waals surface area contributed by atoms with Crippen LogP contribution in [-0.2, 0) is 10.2 Å². The van der Waals surface area contributed by atoms with E-state index in [0.717, 1.165) is 12.8 Å². The first-order valence-corrected chi connectivity index (χ1v) is 8.16. The third kappa shape index (κ3) is 4.14. The highest BCUT2D eigenvalue weighted by atomic mass is 32.2. The Hall–Kier alpha value is -1.69. The fourth-order valence-corrected chi connectivity index (χ4v) is 3.04. The van der Waals surface area contributed by atoms with Crippen molar-refractivity contribution in [1.82, 2.24) is 4.72 Å². The summed E-state index contributed by atoms with van der Waals surface area (Å²) in [5.74, 6) is -0.466.